The first-order chi connectivity index (χ1) is 8.79. The maximum Gasteiger partial charge on any atom is 0.334 e. The summed E-state index contributed by atoms with van der Waals surface area (Å²) in [4.78, 5) is 21.5. The van der Waals surface area contributed by atoms with E-state index in [-0.39, 0.29) is 0 Å². The minimum Gasteiger partial charge on any atom is -0.478 e. The molecule has 1 unspecified atom stereocenters. The van der Waals surface area contributed by atoms with Crippen molar-refractivity contribution < 1.29 is 45.0 Å². The van der Waals surface area contributed by atoms with Crippen LogP contribution in [0.4, 0.5) is 0 Å². The van der Waals surface area contributed by atoms with Crippen molar-refractivity contribution in [2.75, 3.05) is 6.61 Å². The molecule has 1 rings (SSSR count). The molecule has 0 aliphatic carbocycles. The van der Waals surface area contributed by atoms with Gasteiger partial charge in [0.1, 0.15) is 30.5 Å². The average molecular weight is 278 g/mol. The Hall–Kier alpha value is -1.52. The van der Waals surface area contributed by atoms with E-state index in [2.05, 4.69) is 0 Å². The molecule has 0 saturated carbocycles. The summed E-state index contributed by atoms with van der Waals surface area (Å²) in [7, 11) is 0. The molecule has 19 heavy (non-hydrogen) atoms. The zero-order chi connectivity index (χ0) is 14.7. The zero-order valence-electron chi connectivity index (χ0n) is 9.58. The van der Waals surface area contributed by atoms with Crippen LogP contribution in [-0.4, -0.2) is 79.7 Å². The lowest BCUT2D eigenvalue weighted by Crippen LogP contribution is -2.59. The number of aliphatic hydroxyl groups is 4. The third-order valence-electron chi connectivity index (χ3n) is 2.72. The summed E-state index contributed by atoms with van der Waals surface area (Å²) in [5, 5.41) is 55.0. The van der Waals surface area contributed by atoms with Gasteiger partial charge >= 0.3 is 11.9 Å². The van der Waals surface area contributed by atoms with Gasteiger partial charge in [-0.1, -0.05) is 0 Å². The molecule has 1 aliphatic heterocycles. The highest BCUT2D eigenvalue weighted by atomic mass is 16.5. The molecule has 1 fully saturated rings. The summed E-state index contributed by atoms with van der Waals surface area (Å²) in [6.07, 6.45) is -7.91. The van der Waals surface area contributed by atoms with Crippen molar-refractivity contribution >= 4 is 11.9 Å². The first-order valence-electron chi connectivity index (χ1n) is 5.28. The lowest BCUT2D eigenvalue weighted by atomic mass is 9.91. The van der Waals surface area contributed by atoms with Gasteiger partial charge in [-0.25, -0.2) is 9.59 Å². The van der Waals surface area contributed by atoms with Crippen molar-refractivity contribution in [3.8, 4) is 0 Å². The largest absolute Gasteiger partial charge is 0.478 e. The van der Waals surface area contributed by atoms with Gasteiger partial charge in [-0.3, -0.25) is 0 Å². The van der Waals surface area contributed by atoms with Gasteiger partial charge in [-0.15, -0.1) is 0 Å². The predicted molar refractivity (Wildman–Crippen MR) is 57.1 cm³/mol. The maximum atomic E-state index is 10.9. The maximum absolute atomic E-state index is 10.9. The standard InChI is InChI=1S/C10H14O9/c11-2-4-6(14)7(15)8(16)9(19-4)3(10(17)18)1-5(12)13/h1,4,6-9,11,14-16H,2H2,(H,12,13)(H,17,18)/b3-1-/t4-,6-,7+,8+,9?/m1/s1. The van der Waals surface area contributed by atoms with Gasteiger partial charge < -0.3 is 35.4 Å². The van der Waals surface area contributed by atoms with E-state index in [1.54, 1.807) is 0 Å². The number of ether oxygens (including phenoxy) is 1. The topological polar surface area (TPSA) is 165 Å². The molecule has 0 radical (unpaired) electrons. The molecule has 0 amide bonds. The second kappa shape index (κ2) is 6.08. The minimum atomic E-state index is -1.83. The van der Waals surface area contributed by atoms with Gasteiger partial charge in [-0.2, -0.15) is 0 Å². The molecule has 1 heterocycles. The van der Waals surface area contributed by atoms with Gasteiger partial charge in [0.15, 0.2) is 0 Å². The molecule has 108 valence electrons. The van der Waals surface area contributed by atoms with Crippen LogP contribution in [0.25, 0.3) is 0 Å². The summed E-state index contributed by atoms with van der Waals surface area (Å²) in [5.74, 6) is -3.24. The van der Waals surface area contributed by atoms with E-state index in [1.807, 2.05) is 0 Å². The Balaban J connectivity index is 3.09. The molecular weight excluding hydrogens is 264 g/mol. The van der Waals surface area contributed by atoms with Crippen LogP contribution in [0.15, 0.2) is 11.6 Å². The van der Waals surface area contributed by atoms with E-state index < -0.39 is 54.6 Å². The van der Waals surface area contributed by atoms with Crippen LogP contribution in [0.2, 0.25) is 0 Å². The number of hydrogen-bond donors (Lipinski definition) is 6. The van der Waals surface area contributed by atoms with E-state index in [4.69, 9.17) is 20.1 Å². The van der Waals surface area contributed by atoms with Crippen molar-refractivity contribution in [3.63, 3.8) is 0 Å². The van der Waals surface area contributed by atoms with Crippen molar-refractivity contribution in [3.05, 3.63) is 11.6 Å². The summed E-state index contributed by atoms with van der Waals surface area (Å²) < 4.78 is 4.93. The number of aliphatic carboxylic acids is 2. The van der Waals surface area contributed by atoms with Gasteiger partial charge in [0.25, 0.3) is 0 Å². The summed E-state index contributed by atoms with van der Waals surface area (Å²) in [6.45, 7) is -0.735. The Labute approximate surface area is 107 Å². The van der Waals surface area contributed by atoms with Crippen molar-refractivity contribution in [1.29, 1.82) is 0 Å². The first-order valence-corrected chi connectivity index (χ1v) is 5.28. The second-order valence-electron chi connectivity index (χ2n) is 3.99. The van der Waals surface area contributed by atoms with E-state index in [0.717, 1.165) is 0 Å². The third kappa shape index (κ3) is 3.28. The zero-order valence-corrected chi connectivity index (χ0v) is 9.58. The average Bonchev–Trinajstić information content (AvgIpc) is 2.34. The van der Waals surface area contributed by atoms with Crippen LogP contribution in [0, 0.1) is 0 Å². The number of rotatable bonds is 4. The van der Waals surface area contributed by atoms with Gasteiger partial charge in [0.2, 0.25) is 0 Å². The normalized spacial score (nSPS) is 36.0. The van der Waals surface area contributed by atoms with Gasteiger partial charge in [0, 0.05) is 6.08 Å². The SMILES string of the molecule is O=C(O)/C=C(\C(=O)O)C1O[C@H](CO)[C@@H](O)[C@H](O)[C@@H]1O. The highest BCUT2D eigenvalue weighted by Gasteiger charge is 2.46. The van der Waals surface area contributed by atoms with Crippen LogP contribution >= 0.6 is 0 Å². The van der Waals surface area contributed by atoms with Crippen LogP contribution in [0.5, 0.6) is 0 Å². The molecule has 5 atom stereocenters. The fourth-order valence-corrected chi connectivity index (χ4v) is 1.76. The number of carboxylic acid groups (broad SMARTS) is 2. The lowest BCUT2D eigenvalue weighted by molar-refractivity contribution is -0.220. The molecule has 6 N–H and O–H groups in total. The Morgan fingerprint density at radius 2 is 1.63 bits per heavy atom. The smallest absolute Gasteiger partial charge is 0.334 e. The van der Waals surface area contributed by atoms with E-state index >= 15 is 0 Å². The fraction of sp³-hybridized carbons (Fsp3) is 0.600. The minimum absolute atomic E-state index is 0.315. The highest BCUT2D eigenvalue weighted by molar-refractivity contribution is 5.95. The number of hydrogen-bond acceptors (Lipinski definition) is 7. The van der Waals surface area contributed by atoms with E-state index in [0.29, 0.717) is 6.08 Å². The summed E-state index contributed by atoms with van der Waals surface area (Å²) in [5.41, 5.74) is -0.801. The second-order valence-corrected chi connectivity index (χ2v) is 3.99. The molecule has 0 spiro atoms. The lowest BCUT2D eigenvalue weighted by Gasteiger charge is -2.40. The van der Waals surface area contributed by atoms with E-state index in [9.17, 15) is 24.9 Å². The molecule has 1 saturated heterocycles. The third-order valence-corrected chi connectivity index (χ3v) is 2.72. The number of carbonyl (C=O) groups is 2. The first kappa shape index (κ1) is 15.5. The highest BCUT2D eigenvalue weighted by Crippen LogP contribution is 2.25. The van der Waals surface area contributed by atoms with Crippen molar-refractivity contribution in [2.45, 2.75) is 30.5 Å². The predicted octanol–water partition coefficient (Wildman–Crippen LogP) is -3.08. The Morgan fingerprint density at radius 3 is 2.05 bits per heavy atom. The summed E-state index contributed by atoms with van der Waals surface area (Å²) >= 11 is 0. The quantitative estimate of drug-likeness (QED) is 0.292. The van der Waals surface area contributed by atoms with Crippen molar-refractivity contribution in [1.82, 2.24) is 0 Å². The van der Waals surface area contributed by atoms with E-state index in [1.165, 1.54) is 0 Å². The molecule has 9 heteroatoms. The Kier molecular flexibility index (Phi) is 4.97. The molecule has 0 aromatic heterocycles. The Morgan fingerprint density at radius 1 is 1.05 bits per heavy atom. The molecule has 0 aromatic carbocycles. The molecule has 1 aliphatic rings. The summed E-state index contributed by atoms with van der Waals surface area (Å²) in [6, 6.07) is 0. The monoisotopic (exact) mass is 278 g/mol. The van der Waals surface area contributed by atoms with Crippen LogP contribution in [-0.2, 0) is 14.3 Å². The molecule has 0 aromatic rings. The fourth-order valence-electron chi connectivity index (χ4n) is 1.76. The number of carboxylic acids is 2. The van der Waals surface area contributed by atoms with Crippen LogP contribution in [0.3, 0.4) is 0 Å². The number of aliphatic hydroxyl groups excluding tert-OH is 4. The molecular formula is C10H14O9. The molecule has 0 bridgehead atoms. The van der Waals surface area contributed by atoms with Crippen LogP contribution < -0.4 is 0 Å². The van der Waals surface area contributed by atoms with Crippen LogP contribution in [0.1, 0.15) is 0 Å². The van der Waals surface area contributed by atoms with Gasteiger partial charge in [0.05, 0.1) is 12.2 Å². The molecule has 9 nitrogen and oxygen atoms in total. The van der Waals surface area contributed by atoms with Crippen molar-refractivity contribution in [2.24, 2.45) is 0 Å². The Bertz CT molecular complexity index is 388. The van der Waals surface area contributed by atoms with Gasteiger partial charge in [-0.05, 0) is 0 Å².